The number of amides is 4. The van der Waals surface area contributed by atoms with Gasteiger partial charge >= 0.3 is 6.03 Å². The molecule has 1 aromatic carbocycles. The molecule has 4 amide bonds. The van der Waals surface area contributed by atoms with Crippen molar-refractivity contribution in [3.05, 3.63) is 30.3 Å². The van der Waals surface area contributed by atoms with E-state index in [-0.39, 0.29) is 36.7 Å². The lowest BCUT2D eigenvalue weighted by Gasteiger charge is -2.34. The number of rotatable bonds is 5. The van der Waals surface area contributed by atoms with Crippen molar-refractivity contribution in [3.63, 3.8) is 0 Å². The van der Waals surface area contributed by atoms with E-state index in [1.54, 1.807) is 35.2 Å². The molecule has 2 fully saturated rings. The fourth-order valence-electron chi connectivity index (χ4n) is 3.01. The monoisotopic (exact) mass is 380 g/mol. The summed E-state index contributed by atoms with van der Waals surface area (Å²) in [6, 6.07) is 6.96. The van der Waals surface area contributed by atoms with E-state index in [2.05, 4.69) is 10.6 Å². The summed E-state index contributed by atoms with van der Waals surface area (Å²) < 4.78 is 26.5. The van der Waals surface area contributed by atoms with E-state index < -0.39 is 28.0 Å². The molecule has 0 bridgehead atoms. The van der Waals surface area contributed by atoms with E-state index in [4.69, 9.17) is 0 Å². The van der Waals surface area contributed by atoms with Gasteiger partial charge in [0.25, 0.3) is 5.91 Å². The Morgan fingerprint density at radius 1 is 1.08 bits per heavy atom. The van der Waals surface area contributed by atoms with Gasteiger partial charge in [0.05, 0.1) is 4.90 Å². The van der Waals surface area contributed by atoms with Gasteiger partial charge in [0.15, 0.2) is 0 Å². The van der Waals surface area contributed by atoms with Crippen molar-refractivity contribution in [2.24, 2.45) is 0 Å². The SMILES string of the molecule is O=C1NC(=O)C(CCC(=O)N2CCN(S(=O)(=O)c3ccccc3)CC2)N1. The molecule has 0 aliphatic carbocycles. The highest BCUT2D eigenvalue weighted by atomic mass is 32.2. The molecular formula is C16H20N4O5S. The first-order valence-corrected chi connectivity index (χ1v) is 9.76. The van der Waals surface area contributed by atoms with Crippen LogP contribution in [0.2, 0.25) is 0 Å². The van der Waals surface area contributed by atoms with Gasteiger partial charge in [-0.3, -0.25) is 14.9 Å². The van der Waals surface area contributed by atoms with Crippen molar-refractivity contribution in [1.29, 1.82) is 0 Å². The lowest BCUT2D eigenvalue weighted by molar-refractivity contribution is -0.132. The third kappa shape index (κ3) is 3.86. The summed E-state index contributed by atoms with van der Waals surface area (Å²) in [4.78, 5) is 36.6. The number of imide groups is 1. The molecule has 1 aromatic rings. The zero-order valence-electron chi connectivity index (χ0n) is 14.1. The van der Waals surface area contributed by atoms with Crippen molar-refractivity contribution in [2.75, 3.05) is 26.2 Å². The van der Waals surface area contributed by atoms with Crippen LogP contribution in [0.15, 0.2) is 35.2 Å². The zero-order valence-corrected chi connectivity index (χ0v) is 14.9. The molecule has 0 saturated carbocycles. The van der Waals surface area contributed by atoms with E-state index >= 15 is 0 Å². The number of hydrogen-bond donors (Lipinski definition) is 2. The molecule has 10 heteroatoms. The topological polar surface area (TPSA) is 116 Å². The fourth-order valence-corrected chi connectivity index (χ4v) is 4.45. The van der Waals surface area contributed by atoms with Gasteiger partial charge in [-0.15, -0.1) is 0 Å². The summed E-state index contributed by atoms with van der Waals surface area (Å²) in [5, 5.41) is 4.57. The van der Waals surface area contributed by atoms with Crippen LogP contribution in [0.4, 0.5) is 4.79 Å². The van der Waals surface area contributed by atoms with Crippen LogP contribution in [0.5, 0.6) is 0 Å². The van der Waals surface area contributed by atoms with Gasteiger partial charge in [-0.1, -0.05) is 18.2 Å². The Morgan fingerprint density at radius 3 is 2.31 bits per heavy atom. The Bertz CT molecular complexity index is 803. The van der Waals surface area contributed by atoms with Gasteiger partial charge in [-0.05, 0) is 18.6 Å². The number of nitrogens with one attached hydrogen (secondary N) is 2. The molecule has 2 aliphatic heterocycles. The third-order valence-corrected chi connectivity index (χ3v) is 6.39. The van der Waals surface area contributed by atoms with Crippen LogP contribution in [-0.4, -0.2) is 67.7 Å². The molecule has 3 rings (SSSR count). The second-order valence-corrected chi connectivity index (χ2v) is 8.09. The molecule has 2 aliphatic rings. The number of sulfonamides is 1. The van der Waals surface area contributed by atoms with E-state index in [1.165, 1.54) is 4.31 Å². The maximum absolute atomic E-state index is 12.6. The Balaban J connectivity index is 1.51. The number of benzene rings is 1. The van der Waals surface area contributed by atoms with Gasteiger partial charge in [-0.25, -0.2) is 13.2 Å². The Kier molecular flexibility index (Phi) is 5.23. The molecule has 0 radical (unpaired) electrons. The predicted octanol–water partition coefficient (Wildman–Crippen LogP) is -0.492. The molecule has 1 unspecified atom stereocenters. The Labute approximate surface area is 151 Å². The average molecular weight is 380 g/mol. The number of hydrogen-bond acceptors (Lipinski definition) is 5. The van der Waals surface area contributed by atoms with Gasteiger partial charge < -0.3 is 10.2 Å². The molecule has 0 spiro atoms. The van der Waals surface area contributed by atoms with Crippen molar-refractivity contribution in [2.45, 2.75) is 23.8 Å². The van der Waals surface area contributed by atoms with Crippen LogP contribution in [0.3, 0.4) is 0 Å². The summed E-state index contributed by atoms with van der Waals surface area (Å²) in [5.74, 6) is -0.586. The first-order valence-electron chi connectivity index (χ1n) is 8.32. The van der Waals surface area contributed by atoms with Gasteiger partial charge in [0, 0.05) is 32.6 Å². The second kappa shape index (κ2) is 7.42. The first-order chi connectivity index (χ1) is 12.4. The molecule has 2 heterocycles. The lowest BCUT2D eigenvalue weighted by Crippen LogP contribution is -2.50. The van der Waals surface area contributed by atoms with E-state index in [0.717, 1.165) is 0 Å². The number of carbonyl (C=O) groups excluding carboxylic acids is 3. The van der Waals surface area contributed by atoms with Gasteiger partial charge in [0.1, 0.15) is 6.04 Å². The highest BCUT2D eigenvalue weighted by Gasteiger charge is 2.32. The minimum absolute atomic E-state index is 0.115. The Hall–Kier alpha value is -2.46. The summed E-state index contributed by atoms with van der Waals surface area (Å²) in [6.45, 7) is 1.05. The van der Waals surface area contributed by atoms with Crippen LogP contribution >= 0.6 is 0 Å². The van der Waals surface area contributed by atoms with Crippen LogP contribution in [0.1, 0.15) is 12.8 Å². The van der Waals surface area contributed by atoms with Crippen molar-refractivity contribution in [3.8, 4) is 0 Å². The summed E-state index contributed by atoms with van der Waals surface area (Å²) in [5.41, 5.74) is 0. The fraction of sp³-hybridized carbons (Fsp3) is 0.438. The van der Waals surface area contributed by atoms with Gasteiger partial charge in [-0.2, -0.15) is 4.31 Å². The normalized spacial score (nSPS) is 21.4. The molecular weight excluding hydrogens is 360 g/mol. The van der Waals surface area contributed by atoms with E-state index in [9.17, 15) is 22.8 Å². The quantitative estimate of drug-likeness (QED) is 0.669. The average Bonchev–Trinajstić information content (AvgIpc) is 2.97. The molecule has 9 nitrogen and oxygen atoms in total. The highest BCUT2D eigenvalue weighted by Crippen LogP contribution is 2.17. The van der Waals surface area contributed by atoms with E-state index in [1.807, 2.05) is 0 Å². The predicted molar refractivity (Wildman–Crippen MR) is 91.5 cm³/mol. The maximum atomic E-state index is 12.6. The molecule has 2 N–H and O–H groups in total. The molecule has 0 aromatic heterocycles. The van der Waals surface area contributed by atoms with Crippen molar-refractivity contribution in [1.82, 2.24) is 19.8 Å². The smallest absolute Gasteiger partial charge is 0.322 e. The summed E-state index contributed by atoms with van der Waals surface area (Å²) >= 11 is 0. The largest absolute Gasteiger partial charge is 0.340 e. The van der Waals surface area contributed by atoms with Crippen molar-refractivity contribution >= 4 is 27.9 Å². The van der Waals surface area contributed by atoms with Crippen molar-refractivity contribution < 1.29 is 22.8 Å². The number of piperazine rings is 1. The van der Waals surface area contributed by atoms with Crippen LogP contribution in [-0.2, 0) is 19.6 Å². The summed E-state index contributed by atoms with van der Waals surface area (Å²) in [6.07, 6.45) is 0.336. The molecule has 2 saturated heterocycles. The number of urea groups is 1. The Morgan fingerprint density at radius 2 is 1.73 bits per heavy atom. The minimum atomic E-state index is -3.55. The number of carbonyl (C=O) groups is 3. The molecule has 26 heavy (non-hydrogen) atoms. The number of nitrogens with zero attached hydrogens (tertiary/aromatic N) is 2. The standard InChI is InChI=1S/C16H20N4O5S/c21-14(7-6-13-15(22)18-16(23)17-13)19-8-10-20(11-9-19)26(24,25)12-4-2-1-3-5-12/h1-5,13H,6-11H2,(H2,17,18,22,23). The lowest BCUT2D eigenvalue weighted by atomic mass is 10.1. The van der Waals surface area contributed by atoms with Crippen LogP contribution in [0, 0.1) is 0 Å². The van der Waals surface area contributed by atoms with Crippen LogP contribution < -0.4 is 10.6 Å². The van der Waals surface area contributed by atoms with Gasteiger partial charge in [0.2, 0.25) is 15.9 Å². The first kappa shape index (κ1) is 18.3. The highest BCUT2D eigenvalue weighted by molar-refractivity contribution is 7.89. The van der Waals surface area contributed by atoms with E-state index in [0.29, 0.717) is 13.1 Å². The second-order valence-electron chi connectivity index (χ2n) is 6.15. The molecule has 1 atom stereocenters. The molecule has 140 valence electrons. The van der Waals surface area contributed by atoms with Crippen LogP contribution in [0.25, 0.3) is 0 Å². The summed E-state index contributed by atoms with van der Waals surface area (Å²) in [7, 11) is -3.55. The third-order valence-electron chi connectivity index (χ3n) is 4.48. The minimum Gasteiger partial charge on any atom is -0.340 e. The zero-order chi connectivity index (χ0) is 18.7. The maximum Gasteiger partial charge on any atom is 0.322 e.